The molecule has 4 aromatic rings. The minimum absolute atomic E-state index is 0.721. The topological polar surface area (TPSA) is 80.9 Å². The predicted molar refractivity (Wildman–Crippen MR) is 126 cm³/mol. The Morgan fingerprint density at radius 3 is 0.594 bits per heavy atom. The third kappa shape index (κ3) is 6.36. The van der Waals surface area contributed by atoms with E-state index in [1.165, 1.54) is 0 Å². The van der Waals surface area contributed by atoms with Gasteiger partial charge in [-0.1, -0.05) is 121 Å². The average Bonchev–Trinajstić information content (AvgIpc) is 2.89. The maximum atomic E-state index is 9.99. The van der Waals surface area contributed by atoms with Gasteiger partial charge in [0.15, 0.2) is 0 Å². The summed E-state index contributed by atoms with van der Waals surface area (Å²) >= 11 is 0. The van der Waals surface area contributed by atoms with Crippen LogP contribution in [-0.4, -0.2) is 20.4 Å². The lowest BCUT2D eigenvalue weighted by Crippen LogP contribution is -2.09. The lowest BCUT2D eigenvalue weighted by atomic mass is 9.99. The second-order valence-corrected chi connectivity index (χ2v) is 7.42. The van der Waals surface area contributed by atoms with Gasteiger partial charge in [0.05, 0.1) is 0 Å². The highest BCUT2D eigenvalue weighted by Gasteiger charge is 2.20. The van der Waals surface area contributed by atoms with Gasteiger partial charge < -0.3 is 20.4 Å². The number of rotatable bonds is 6. The molecule has 0 aliphatic carbocycles. The van der Waals surface area contributed by atoms with Crippen molar-refractivity contribution >= 4 is 0 Å². The first-order chi connectivity index (χ1) is 15.6. The van der Waals surface area contributed by atoms with Crippen LogP contribution >= 0.6 is 0 Å². The van der Waals surface area contributed by atoms with E-state index in [0.717, 1.165) is 22.3 Å². The second kappa shape index (κ2) is 11.9. The van der Waals surface area contributed by atoms with Crippen molar-refractivity contribution in [2.75, 3.05) is 0 Å². The van der Waals surface area contributed by atoms with Gasteiger partial charge in [-0.25, -0.2) is 0 Å². The molecule has 0 aliphatic heterocycles. The maximum absolute atomic E-state index is 9.99. The van der Waals surface area contributed by atoms with Gasteiger partial charge in [-0.3, -0.25) is 0 Å². The largest absolute Gasteiger partial charge is 0.385 e. The summed E-state index contributed by atoms with van der Waals surface area (Å²) in [5, 5.41) is 40.0. The molecule has 4 N–H and O–H groups in total. The van der Waals surface area contributed by atoms with Crippen molar-refractivity contribution < 1.29 is 20.4 Å². The zero-order valence-electron chi connectivity index (χ0n) is 17.6. The molecule has 0 fully saturated rings. The molecule has 0 unspecified atom stereocenters. The van der Waals surface area contributed by atoms with Crippen LogP contribution in [-0.2, 0) is 0 Å². The smallest absolute Gasteiger partial charge is 0.109 e. The molecular formula is C28H28O4. The van der Waals surface area contributed by atoms with Crippen LogP contribution in [0.3, 0.4) is 0 Å². The van der Waals surface area contributed by atoms with E-state index < -0.39 is 24.4 Å². The van der Waals surface area contributed by atoms with E-state index >= 15 is 0 Å². The van der Waals surface area contributed by atoms with Gasteiger partial charge >= 0.3 is 0 Å². The van der Waals surface area contributed by atoms with E-state index in [-0.39, 0.29) is 0 Å². The standard InChI is InChI=1S/2C14H14O2/c2*15-13(11-7-3-1-4-8-11)14(16)12-9-5-2-6-10-12/h2*1-10,13-16H/t2*13-,14-/m10/s1. The zero-order valence-corrected chi connectivity index (χ0v) is 17.6. The van der Waals surface area contributed by atoms with E-state index in [0.29, 0.717) is 0 Å². The molecule has 4 rings (SSSR count). The molecule has 0 aromatic heterocycles. The van der Waals surface area contributed by atoms with Gasteiger partial charge in [-0.15, -0.1) is 0 Å². The Kier molecular flexibility index (Phi) is 8.72. The molecule has 4 heteroatoms. The Morgan fingerprint density at radius 1 is 0.281 bits per heavy atom. The molecule has 0 saturated carbocycles. The quantitative estimate of drug-likeness (QED) is 0.352. The molecule has 0 radical (unpaired) electrons. The van der Waals surface area contributed by atoms with Gasteiger partial charge in [0.2, 0.25) is 0 Å². The average molecular weight is 429 g/mol. The number of hydrogen-bond acceptors (Lipinski definition) is 4. The molecule has 32 heavy (non-hydrogen) atoms. The highest BCUT2D eigenvalue weighted by Crippen LogP contribution is 2.29. The molecule has 0 amide bonds. The van der Waals surface area contributed by atoms with E-state index in [1.54, 1.807) is 48.5 Å². The summed E-state index contributed by atoms with van der Waals surface area (Å²) in [6.45, 7) is 0. The minimum Gasteiger partial charge on any atom is -0.385 e. The molecule has 0 bridgehead atoms. The fraction of sp³-hybridized carbons (Fsp3) is 0.143. The van der Waals surface area contributed by atoms with Crippen molar-refractivity contribution in [2.45, 2.75) is 24.4 Å². The molecule has 4 nitrogen and oxygen atoms in total. The Balaban J connectivity index is 0.000000181. The fourth-order valence-corrected chi connectivity index (χ4v) is 3.33. The van der Waals surface area contributed by atoms with E-state index in [9.17, 15) is 20.4 Å². The summed E-state index contributed by atoms with van der Waals surface area (Å²) in [6.07, 6.45) is -3.54. The van der Waals surface area contributed by atoms with Crippen LogP contribution in [0.4, 0.5) is 0 Å². The number of aliphatic hydroxyl groups is 4. The summed E-state index contributed by atoms with van der Waals surface area (Å²) in [5.41, 5.74) is 2.88. The Bertz CT molecular complexity index is 850. The van der Waals surface area contributed by atoms with Crippen molar-refractivity contribution in [3.63, 3.8) is 0 Å². The first-order valence-corrected chi connectivity index (χ1v) is 10.5. The first kappa shape index (κ1) is 23.4. The Morgan fingerprint density at radius 2 is 0.438 bits per heavy atom. The maximum Gasteiger partial charge on any atom is 0.109 e. The van der Waals surface area contributed by atoms with Crippen LogP contribution in [0.1, 0.15) is 46.7 Å². The third-order valence-corrected chi connectivity index (χ3v) is 5.16. The van der Waals surface area contributed by atoms with Gasteiger partial charge in [0, 0.05) is 0 Å². The molecule has 0 spiro atoms. The van der Waals surface area contributed by atoms with Crippen molar-refractivity contribution in [3.8, 4) is 0 Å². The van der Waals surface area contributed by atoms with Crippen molar-refractivity contribution in [2.24, 2.45) is 0 Å². The van der Waals surface area contributed by atoms with Crippen LogP contribution in [0, 0.1) is 0 Å². The van der Waals surface area contributed by atoms with Crippen LogP contribution in [0.2, 0.25) is 0 Å². The molecule has 0 aliphatic rings. The number of benzene rings is 4. The molecule has 164 valence electrons. The van der Waals surface area contributed by atoms with Crippen molar-refractivity contribution in [1.29, 1.82) is 0 Å². The highest BCUT2D eigenvalue weighted by atomic mass is 16.3. The lowest BCUT2D eigenvalue weighted by Gasteiger charge is -2.18. The monoisotopic (exact) mass is 428 g/mol. The van der Waals surface area contributed by atoms with Crippen molar-refractivity contribution in [3.05, 3.63) is 144 Å². The predicted octanol–water partition coefficient (Wildman–Crippen LogP) is 4.91. The van der Waals surface area contributed by atoms with E-state index in [4.69, 9.17) is 0 Å². The Labute approximate surface area is 188 Å². The van der Waals surface area contributed by atoms with Gasteiger partial charge in [-0.05, 0) is 22.3 Å². The summed E-state index contributed by atoms with van der Waals surface area (Å²) in [4.78, 5) is 0. The summed E-state index contributed by atoms with van der Waals surface area (Å²) < 4.78 is 0. The summed E-state index contributed by atoms with van der Waals surface area (Å²) in [7, 11) is 0. The van der Waals surface area contributed by atoms with Gasteiger partial charge in [0.25, 0.3) is 0 Å². The molecule has 0 heterocycles. The first-order valence-electron chi connectivity index (χ1n) is 10.5. The SMILES string of the molecule is O[C@@H](c1ccccc1)[C@@H](O)c1ccccc1.O[C@H](c1ccccc1)[C@H](O)c1ccccc1. The highest BCUT2D eigenvalue weighted by molar-refractivity contribution is 5.25. The zero-order chi connectivity index (χ0) is 22.8. The normalized spacial score (nSPS) is 14.4. The van der Waals surface area contributed by atoms with Crippen LogP contribution < -0.4 is 0 Å². The minimum atomic E-state index is -0.886. The van der Waals surface area contributed by atoms with Gasteiger partial charge in [0.1, 0.15) is 24.4 Å². The Hall–Kier alpha value is -3.28. The van der Waals surface area contributed by atoms with E-state index in [1.807, 2.05) is 72.8 Å². The summed E-state index contributed by atoms with van der Waals surface area (Å²) in [6, 6.07) is 36.7. The number of hydrogen-bond donors (Lipinski definition) is 4. The van der Waals surface area contributed by atoms with E-state index in [2.05, 4.69) is 0 Å². The van der Waals surface area contributed by atoms with Crippen LogP contribution in [0.5, 0.6) is 0 Å². The summed E-state index contributed by atoms with van der Waals surface area (Å²) in [5.74, 6) is 0. The fourth-order valence-electron chi connectivity index (χ4n) is 3.33. The molecule has 4 atom stereocenters. The van der Waals surface area contributed by atoms with Gasteiger partial charge in [-0.2, -0.15) is 0 Å². The lowest BCUT2D eigenvalue weighted by molar-refractivity contribution is 0.0172. The van der Waals surface area contributed by atoms with Crippen LogP contribution in [0.15, 0.2) is 121 Å². The molecule has 4 aromatic carbocycles. The molecule has 0 saturated heterocycles. The third-order valence-electron chi connectivity index (χ3n) is 5.16. The van der Waals surface area contributed by atoms with Crippen molar-refractivity contribution in [1.82, 2.24) is 0 Å². The second-order valence-electron chi connectivity index (χ2n) is 7.42. The van der Waals surface area contributed by atoms with Crippen LogP contribution in [0.25, 0.3) is 0 Å². The molecular weight excluding hydrogens is 400 g/mol. The number of aliphatic hydroxyl groups excluding tert-OH is 4.